The van der Waals surface area contributed by atoms with Crippen LogP contribution >= 0.6 is 11.8 Å². The fraction of sp³-hybridized carbons (Fsp3) is 0.208. The number of anilines is 2. The van der Waals surface area contributed by atoms with Crippen LogP contribution in [-0.2, 0) is 16.4 Å². The van der Waals surface area contributed by atoms with Crippen molar-refractivity contribution in [2.75, 3.05) is 22.4 Å². The van der Waals surface area contributed by atoms with Crippen molar-refractivity contribution in [3.05, 3.63) is 83.9 Å². The Kier molecular flexibility index (Phi) is 7.41. The predicted molar refractivity (Wildman–Crippen MR) is 129 cm³/mol. The van der Waals surface area contributed by atoms with E-state index in [1.807, 2.05) is 30.5 Å². The van der Waals surface area contributed by atoms with Crippen molar-refractivity contribution in [2.45, 2.75) is 30.1 Å². The van der Waals surface area contributed by atoms with Gasteiger partial charge in [0.25, 0.3) is 15.9 Å². The highest BCUT2D eigenvalue weighted by Crippen LogP contribution is 2.26. The molecule has 0 fully saturated rings. The molecule has 0 spiro atoms. The summed E-state index contributed by atoms with van der Waals surface area (Å²) >= 11 is 1.56. The van der Waals surface area contributed by atoms with Crippen LogP contribution in [0.1, 0.15) is 29.8 Å². The molecule has 7 heteroatoms. The Balaban J connectivity index is 1.78. The lowest BCUT2D eigenvalue weighted by molar-refractivity contribution is 0.102. The summed E-state index contributed by atoms with van der Waals surface area (Å²) in [6, 6.07) is 21.1. The molecule has 3 aromatic carbocycles. The van der Waals surface area contributed by atoms with E-state index in [1.165, 1.54) is 9.87 Å². The third-order valence-corrected chi connectivity index (χ3v) is 7.63. The molecule has 1 N–H and O–H groups in total. The molecule has 3 aromatic rings. The summed E-state index contributed by atoms with van der Waals surface area (Å²) < 4.78 is 27.6. The topological polar surface area (TPSA) is 66.5 Å². The summed E-state index contributed by atoms with van der Waals surface area (Å²) in [6.45, 7) is 4.14. The van der Waals surface area contributed by atoms with Crippen LogP contribution in [0.4, 0.5) is 11.4 Å². The zero-order chi connectivity index (χ0) is 22.4. The van der Waals surface area contributed by atoms with E-state index >= 15 is 0 Å². The van der Waals surface area contributed by atoms with Gasteiger partial charge in [-0.1, -0.05) is 19.1 Å². The van der Waals surface area contributed by atoms with Crippen LogP contribution in [0.2, 0.25) is 0 Å². The summed E-state index contributed by atoms with van der Waals surface area (Å²) in [4.78, 5) is 13.8. The van der Waals surface area contributed by atoms with Gasteiger partial charge in [0.2, 0.25) is 0 Å². The molecule has 31 heavy (non-hydrogen) atoms. The number of thioether (sulfide) groups is 1. The first kappa shape index (κ1) is 22.9. The highest BCUT2D eigenvalue weighted by molar-refractivity contribution is 7.98. The van der Waals surface area contributed by atoms with Gasteiger partial charge >= 0.3 is 0 Å². The van der Waals surface area contributed by atoms with Crippen molar-refractivity contribution in [2.24, 2.45) is 0 Å². The number of nitrogens with zero attached hydrogens (tertiary/aromatic N) is 1. The van der Waals surface area contributed by atoms with Gasteiger partial charge in [-0.3, -0.25) is 9.10 Å². The minimum atomic E-state index is -3.69. The fourth-order valence-corrected chi connectivity index (χ4v) is 5.05. The number of carbonyl (C=O) groups excluding carboxylic acids is 1. The molecule has 162 valence electrons. The lowest BCUT2D eigenvalue weighted by atomic mass is 10.1. The second-order valence-corrected chi connectivity index (χ2v) is 9.64. The smallest absolute Gasteiger partial charge is 0.264 e. The van der Waals surface area contributed by atoms with Gasteiger partial charge in [0.05, 0.1) is 10.6 Å². The SMILES string of the molecule is CCc1ccc(NC(=O)c2ccc(N(CC)S(=O)(=O)c3ccc(SC)cc3)cc2)cc1. The third-order valence-electron chi connectivity index (χ3n) is 4.97. The number of nitrogens with one attached hydrogen (secondary N) is 1. The van der Waals surface area contributed by atoms with Gasteiger partial charge in [-0.25, -0.2) is 8.42 Å². The highest BCUT2D eigenvalue weighted by Gasteiger charge is 2.23. The van der Waals surface area contributed by atoms with E-state index < -0.39 is 10.0 Å². The van der Waals surface area contributed by atoms with Crippen LogP contribution in [0.15, 0.2) is 82.6 Å². The molecule has 5 nitrogen and oxygen atoms in total. The Morgan fingerprint density at radius 1 is 0.903 bits per heavy atom. The van der Waals surface area contributed by atoms with Crippen molar-refractivity contribution in [3.63, 3.8) is 0 Å². The molecule has 0 bridgehead atoms. The van der Waals surface area contributed by atoms with Gasteiger partial charge < -0.3 is 5.32 Å². The lowest BCUT2D eigenvalue weighted by Crippen LogP contribution is -2.30. The average molecular weight is 455 g/mol. The number of amides is 1. The van der Waals surface area contributed by atoms with Gasteiger partial charge in [0.15, 0.2) is 0 Å². The molecule has 0 aliphatic heterocycles. The molecule has 0 unspecified atom stereocenters. The molecule has 3 rings (SSSR count). The van der Waals surface area contributed by atoms with Gasteiger partial charge in [-0.05, 0) is 85.8 Å². The van der Waals surface area contributed by atoms with E-state index in [0.29, 0.717) is 11.3 Å². The number of benzene rings is 3. The van der Waals surface area contributed by atoms with Crippen molar-refractivity contribution in [1.29, 1.82) is 0 Å². The second kappa shape index (κ2) is 10.0. The monoisotopic (exact) mass is 454 g/mol. The van der Waals surface area contributed by atoms with E-state index in [9.17, 15) is 13.2 Å². The maximum Gasteiger partial charge on any atom is 0.264 e. The number of hydrogen-bond acceptors (Lipinski definition) is 4. The lowest BCUT2D eigenvalue weighted by Gasteiger charge is -2.23. The van der Waals surface area contributed by atoms with Crippen molar-refractivity contribution in [3.8, 4) is 0 Å². The minimum absolute atomic E-state index is 0.240. The molecule has 0 aromatic heterocycles. The Morgan fingerprint density at radius 3 is 2.03 bits per heavy atom. The maximum absolute atomic E-state index is 13.1. The van der Waals surface area contributed by atoms with Crippen LogP contribution in [0.25, 0.3) is 0 Å². The van der Waals surface area contributed by atoms with E-state index in [1.54, 1.807) is 67.2 Å². The highest BCUT2D eigenvalue weighted by atomic mass is 32.2. The Hall–Kier alpha value is -2.77. The Labute approximate surface area is 188 Å². The van der Waals surface area contributed by atoms with Crippen molar-refractivity contribution < 1.29 is 13.2 Å². The molecule has 1 amide bonds. The number of rotatable bonds is 8. The molecule has 0 saturated carbocycles. The molecular weight excluding hydrogens is 428 g/mol. The number of aryl methyl sites for hydroxylation is 1. The molecule has 0 aliphatic rings. The average Bonchev–Trinajstić information content (AvgIpc) is 2.80. The van der Waals surface area contributed by atoms with Crippen LogP contribution in [0, 0.1) is 0 Å². The first-order chi connectivity index (χ1) is 14.9. The van der Waals surface area contributed by atoms with Crippen molar-refractivity contribution in [1.82, 2.24) is 0 Å². The third kappa shape index (κ3) is 5.29. The first-order valence-electron chi connectivity index (χ1n) is 10.1. The summed E-state index contributed by atoms with van der Waals surface area (Å²) in [5.41, 5.74) is 2.89. The van der Waals surface area contributed by atoms with Gasteiger partial charge in [0, 0.05) is 22.7 Å². The largest absolute Gasteiger partial charge is 0.322 e. The maximum atomic E-state index is 13.1. The Morgan fingerprint density at radius 2 is 1.52 bits per heavy atom. The standard InChI is InChI=1S/C24H26N2O3S2/c1-4-18-6-10-20(11-7-18)25-24(27)19-8-12-21(13-9-19)26(5-2)31(28,29)23-16-14-22(30-3)15-17-23/h6-17H,4-5H2,1-3H3,(H,25,27). The van der Waals surface area contributed by atoms with Gasteiger partial charge in [-0.15, -0.1) is 11.8 Å². The minimum Gasteiger partial charge on any atom is -0.322 e. The predicted octanol–water partition coefficient (Wildman–Crippen LogP) is 5.44. The molecule has 0 aliphatic carbocycles. The summed E-state index contributed by atoms with van der Waals surface area (Å²) in [5.74, 6) is -0.241. The molecule has 0 saturated heterocycles. The van der Waals surface area contributed by atoms with E-state index in [-0.39, 0.29) is 17.3 Å². The quantitative estimate of drug-likeness (QED) is 0.460. The second-order valence-electron chi connectivity index (χ2n) is 6.90. The van der Waals surface area contributed by atoms with Gasteiger partial charge in [-0.2, -0.15) is 0 Å². The van der Waals surface area contributed by atoms with Gasteiger partial charge in [0.1, 0.15) is 0 Å². The van der Waals surface area contributed by atoms with Crippen LogP contribution in [-0.4, -0.2) is 27.1 Å². The summed E-state index contributed by atoms with van der Waals surface area (Å²) in [7, 11) is -3.69. The first-order valence-corrected chi connectivity index (χ1v) is 12.7. The molecule has 0 radical (unpaired) electrons. The van der Waals surface area contributed by atoms with E-state index in [2.05, 4.69) is 12.2 Å². The molecule has 0 atom stereocenters. The zero-order valence-electron chi connectivity index (χ0n) is 17.8. The van der Waals surface area contributed by atoms with E-state index in [0.717, 1.165) is 17.0 Å². The molecule has 0 heterocycles. The summed E-state index contributed by atoms with van der Waals surface area (Å²) in [5, 5.41) is 2.87. The number of carbonyl (C=O) groups is 1. The fourth-order valence-electron chi connectivity index (χ4n) is 3.17. The van der Waals surface area contributed by atoms with Crippen LogP contribution < -0.4 is 9.62 Å². The zero-order valence-corrected chi connectivity index (χ0v) is 19.5. The van der Waals surface area contributed by atoms with Crippen LogP contribution in [0.5, 0.6) is 0 Å². The Bertz CT molecular complexity index is 1120. The van der Waals surface area contributed by atoms with Crippen molar-refractivity contribution >= 4 is 39.1 Å². The van der Waals surface area contributed by atoms with Crippen LogP contribution in [0.3, 0.4) is 0 Å². The normalized spacial score (nSPS) is 11.2. The molecular formula is C24H26N2O3S2. The summed E-state index contributed by atoms with van der Waals surface area (Å²) in [6.07, 6.45) is 2.88. The number of sulfonamides is 1. The number of hydrogen-bond donors (Lipinski definition) is 1. The van der Waals surface area contributed by atoms with E-state index in [4.69, 9.17) is 0 Å².